The molecule has 0 fully saturated rings. The fraction of sp³-hybridized carbons (Fsp3) is 0.625. The minimum absolute atomic E-state index is 0.154. The van der Waals surface area contributed by atoms with Crippen LogP contribution in [-0.4, -0.2) is 20.3 Å². The zero-order valence-corrected chi connectivity index (χ0v) is 12.8. The van der Waals surface area contributed by atoms with E-state index >= 15 is 0 Å². The van der Waals surface area contributed by atoms with Crippen molar-refractivity contribution in [1.29, 1.82) is 0 Å². The van der Waals surface area contributed by atoms with Crippen LogP contribution in [0.2, 0.25) is 0 Å². The lowest BCUT2D eigenvalue weighted by Crippen LogP contribution is -2.27. The van der Waals surface area contributed by atoms with E-state index in [1.807, 2.05) is 13.8 Å². The van der Waals surface area contributed by atoms with Gasteiger partial charge in [-0.3, -0.25) is 0 Å². The molecule has 2 atom stereocenters. The van der Waals surface area contributed by atoms with Gasteiger partial charge in [-0.25, -0.2) is 8.78 Å². The molecule has 0 heterocycles. The molecule has 2 unspecified atom stereocenters. The Labute approximate surface area is 120 Å². The van der Waals surface area contributed by atoms with Crippen molar-refractivity contribution >= 4 is 0 Å². The van der Waals surface area contributed by atoms with E-state index in [2.05, 4.69) is 5.32 Å². The molecule has 1 aromatic carbocycles. The topological polar surface area (TPSA) is 21.3 Å². The molecule has 1 aromatic rings. The van der Waals surface area contributed by atoms with Gasteiger partial charge in [0, 0.05) is 25.3 Å². The minimum atomic E-state index is -0.480. The highest BCUT2D eigenvalue weighted by molar-refractivity contribution is 5.29. The number of hydrogen-bond acceptors (Lipinski definition) is 2. The second-order valence-corrected chi connectivity index (χ2v) is 5.39. The number of nitrogens with one attached hydrogen (secondary N) is 1. The third-order valence-electron chi connectivity index (χ3n) is 3.40. The van der Waals surface area contributed by atoms with E-state index in [-0.39, 0.29) is 17.5 Å². The number of benzene rings is 1. The molecule has 2 nitrogen and oxygen atoms in total. The molecule has 20 heavy (non-hydrogen) atoms. The molecule has 114 valence electrons. The van der Waals surface area contributed by atoms with Crippen LogP contribution in [0.3, 0.4) is 0 Å². The molecule has 0 aromatic heterocycles. The molecule has 1 rings (SSSR count). The van der Waals surface area contributed by atoms with Crippen molar-refractivity contribution in [3.8, 4) is 0 Å². The zero-order valence-electron chi connectivity index (χ0n) is 12.8. The molecule has 0 aliphatic carbocycles. The molecule has 0 saturated carbocycles. The second-order valence-electron chi connectivity index (χ2n) is 5.39. The van der Waals surface area contributed by atoms with Crippen LogP contribution in [0.25, 0.3) is 0 Å². The van der Waals surface area contributed by atoms with Gasteiger partial charge in [0.2, 0.25) is 0 Å². The Morgan fingerprint density at radius 1 is 1.30 bits per heavy atom. The van der Waals surface area contributed by atoms with Crippen molar-refractivity contribution in [2.75, 3.05) is 20.3 Å². The van der Waals surface area contributed by atoms with Gasteiger partial charge in [0.05, 0.1) is 0 Å². The Balaban J connectivity index is 3.00. The van der Waals surface area contributed by atoms with Crippen LogP contribution in [0.4, 0.5) is 8.78 Å². The van der Waals surface area contributed by atoms with E-state index in [4.69, 9.17) is 4.74 Å². The fourth-order valence-electron chi connectivity index (χ4n) is 2.37. The zero-order chi connectivity index (χ0) is 15.1. The van der Waals surface area contributed by atoms with Crippen molar-refractivity contribution in [3.05, 3.63) is 34.9 Å². The van der Waals surface area contributed by atoms with Crippen LogP contribution in [0.15, 0.2) is 12.1 Å². The first kappa shape index (κ1) is 17.1. The molecule has 0 bridgehead atoms. The highest BCUT2D eigenvalue weighted by Crippen LogP contribution is 2.28. The highest BCUT2D eigenvalue weighted by Gasteiger charge is 2.23. The highest BCUT2D eigenvalue weighted by atomic mass is 19.1. The van der Waals surface area contributed by atoms with Gasteiger partial charge in [0.1, 0.15) is 11.6 Å². The summed E-state index contributed by atoms with van der Waals surface area (Å²) >= 11 is 0. The van der Waals surface area contributed by atoms with Gasteiger partial charge < -0.3 is 10.1 Å². The van der Waals surface area contributed by atoms with Crippen LogP contribution in [0.1, 0.15) is 43.9 Å². The molecule has 0 saturated heterocycles. The summed E-state index contributed by atoms with van der Waals surface area (Å²) in [4.78, 5) is 0. The number of hydrogen-bond donors (Lipinski definition) is 1. The summed E-state index contributed by atoms with van der Waals surface area (Å²) < 4.78 is 33.4. The lowest BCUT2D eigenvalue weighted by atomic mass is 9.94. The third-order valence-corrected chi connectivity index (χ3v) is 3.40. The first-order valence-electron chi connectivity index (χ1n) is 7.18. The monoisotopic (exact) mass is 285 g/mol. The maximum Gasteiger partial charge on any atom is 0.133 e. The smallest absolute Gasteiger partial charge is 0.133 e. The summed E-state index contributed by atoms with van der Waals surface area (Å²) in [5, 5.41) is 3.25. The Bertz CT molecular complexity index is 423. The first-order valence-corrected chi connectivity index (χ1v) is 7.18. The molecule has 1 N–H and O–H groups in total. The van der Waals surface area contributed by atoms with Gasteiger partial charge in [-0.05, 0) is 43.9 Å². The number of halogens is 2. The molecule has 0 aliphatic heterocycles. The van der Waals surface area contributed by atoms with E-state index in [0.717, 1.165) is 13.0 Å². The number of rotatable bonds is 8. The average molecular weight is 285 g/mol. The van der Waals surface area contributed by atoms with Gasteiger partial charge >= 0.3 is 0 Å². The minimum Gasteiger partial charge on any atom is -0.384 e. The number of ether oxygens (including phenoxy) is 1. The van der Waals surface area contributed by atoms with Gasteiger partial charge in [-0.15, -0.1) is 0 Å². The Hall–Kier alpha value is -1.00. The van der Waals surface area contributed by atoms with Crippen molar-refractivity contribution in [1.82, 2.24) is 5.32 Å². The normalized spacial score (nSPS) is 14.3. The maximum atomic E-state index is 14.3. The number of aryl methyl sites for hydroxylation is 1. The predicted octanol–water partition coefficient (Wildman–Crippen LogP) is 3.99. The summed E-state index contributed by atoms with van der Waals surface area (Å²) in [7, 11) is 1.64. The van der Waals surface area contributed by atoms with E-state index in [0.29, 0.717) is 18.6 Å². The largest absolute Gasteiger partial charge is 0.384 e. The number of methoxy groups -OCH3 is 1. The van der Waals surface area contributed by atoms with Crippen LogP contribution in [0.5, 0.6) is 0 Å². The first-order chi connectivity index (χ1) is 9.51. The quantitative estimate of drug-likeness (QED) is 0.780. The van der Waals surface area contributed by atoms with E-state index in [1.165, 1.54) is 12.1 Å². The summed E-state index contributed by atoms with van der Waals surface area (Å²) in [6.45, 7) is 7.03. The van der Waals surface area contributed by atoms with Crippen LogP contribution < -0.4 is 5.32 Å². The lowest BCUT2D eigenvalue weighted by Gasteiger charge is -2.24. The summed E-state index contributed by atoms with van der Waals surface area (Å²) in [6, 6.07) is 2.50. The van der Waals surface area contributed by atoms with Crippen LogP contribution in [-0.2, 0) is 4.74 Å². The van der Waals surface area contributed by atoms with E-state index in [9.17, 15) is 8.78 Å². The van der Waals surface area contributed by atoms with E-state index in [1.54, 1.807) is 14.0 Å². The molecule has 0 amide bonds. The van der Waals surface area contributed by atoms with E-state index < -0.39 is 11.6 Å². The Morgan fingerprint density at radius 2 is 2.00 bits per heavy atom. The van der Waals surface area contributed by atoms with Gasteiger partial charge in [0.25, 0.3) is 0 Å². The Morgan fingerprint density at radius 3 is 2.60 bits per heavy atom. The maximum absolute atomic E-state index is 14.3. The van der Waals surface area contributed by atoms with Gasteiger partial charge in [-0.1, -0.05) is 19.9 Å². The van der Waals surface area contributed by atoms with Gasteiger partial charge in [0.15, 0.2) is 0 Å². The predicted molar refractivity (Wildman–Crippen MR) is 77.8 cm³/mol. The van der Waals surface area contributed by atoms with Crippen molar-refractivity contribution in [2.45, 2.75) is 39.7 Å². The Kier molecular flexibility index (Phi) is 7.10. The van der Waals surface area contributed by atoms with Crippen molar-refractivity contribution < 1.29 is 13.5 Å². The standard InChI is InChI=1S/C16H25F2NO/c1-5-8-19-14(9-11(2)10-20-4)15-13(17)7-6-12(3)16(15)18/h6-7,11,14,19H,5,8-10H2,1-4H3. The molecule has 0 radical (unpaired) electrons. The fourth-order valence-corrected chi connectivity index (χ4v) is 2.37. The molecule has 0 spiro atoms. The summed E-state index contributed by atoms with van der Waals surface area (Å²) in [6.07, 6.45) is 1.56. The van der Waals surface area contributed by atoms with Crippen molar-refractivity contribution in [2.24, 2.45) is 5.92 Å². The molecular formula is C16H25F2NO. The summed E-state index contributed by atoms with van der Waals surface area (Å²) in [5.74, 6) is -0.691. The molecular weight excluding hydrogens is 260 g/mol. The lowest BCUT2D eigenvalue weighted by molar-refractivity contribution is 0.148. The molecule has 0 aliphatic rings. The van der Waals surface area contributed by atoms with Gasteiger partial charge in [-0.2, -0.15) is 0 Å². The molecule has 4 heteroatoms. The summed E-state index contributed by atoms with van der Waals surface area (Å²) in [5.41, 5.74) is 0.630. The third kappa shape index (κ3) is 4.53. The second kappa shape index (κ2) is 8.32. The van der Waals surface area contributed by atoms with Crippen molar-refractivity contribution in [3.63, 3.8) is 0 Å². The van der Waals surface area contributed by atoms with Crippen LogP contribution in [0, 0.1) is 24.5 Å². The SMILES string of the molecule is CCCNC(CC(C)COC)c1c(F)ccc(C)c1F. The average Bonchev–Trinajstić information content (AvgIpc) is 2.40. The van der Waals surface area contributed by atoms with Crippen LogP contribution >= 0.6 is 0 Å².